The van der Waals surface area contributed by atoms with Gasteiger partial charge in [-0.25, -0.2) is 14.4 Å². The molecule has 1 aromatic carbocycles. The molecule has 1 saturated heterocycles. The van der Waals surface area contributed by atoms with Crippen LogP contribution in [0.15, 0.2) is 30.3 Å². The molecule has 1 aromatic heterocycles. The third-order valence-corrected chi connectivity index (χ3v) is 5.99. The Kier molecular flexibility index (Phi) is 7.44. The summed E-state index contributed by atoms with van der Waals surface area (Å²) in [6, 6.07) is 7.06. The van der Waals surface area contributed by atoms with Gasteiger partial charge in [0.15, 0.2) is 0 Å². The van der Waals surface area contributed by atoms with Crippen molar-refractivity contribution >= 4 is 46.1 Å². The molecule has 3 rings (SSSR count). The van der Waals surface area contributed by atoms with Crippen molar-refractivity contribution in [3.8, 4) is 0 Å². The Hall–Kier alpha value is -3.73. The number of rotatable bonds is 8. The van der Waals surface area contributed by atoms with Crippen LogP contribution in [0.4, 0.5) is 9.80 Å². The molecule has 1 aliphatic heterocycles. The number of esters is 2. The summed E-state index contributed by atoms with van der Waals surface area (Å²) < 4.78 is 10.1. The largest absolute Gasteiger partial charge is 0.462 e. The number of nitrogens with one attached hydrogen (secondary N) is 2. The number of ether oxygens (including phenoxy) is 2. The summed E-state index contributed by atoms with van der Waals surface area (Å²) in [7, 11) is 0. The van der Waals surface area contributed by atoms with Crippen molar-refractivity contribution in [3.63, 3.8) is 0 Å². The quantitative estimate of drug-likeness (QED) is 0.445. The number of benzene rings is 1. The molecular weight excluding hydrogens is 450 g/mol. The summed E-state index contributed by atoms with van der Waals surface area (Å²) in [4.78, 5) is 63.4. The lowest BCUT2D eigenvalue weighted by molar-refractivity contribution is -0.130. The van der Waals surface area contributed by atoms with Crippen LogP contribution < -0.4 is 10.6 Å². The van der Waals surface area contributed by atoms with Crippen LogP contribution in [0.5, 0.6) is 0 Å². The van der Waals surface area contributed by atoms with E-state index in [4.69, 9.17) is 9.47 Å². The number of nitrogens with zero attached hydrogens (tertiary/aromatic N) is 1. The summed E-state index contributed by atoms with van der Waals surface area (Å²) in [5.74, 6) is -2.63. The van der Waals surface area contributed by atoms with Gasteiger partial charge in [-0.05, 0) is 31.9 Å². The standard InChI is InChI=1S/C22H23N3O7S/c1-4-31-20(28)15-12(3)17(21(29)32-5-2)33-18(15)23-14(26)11-25-19(27)16(24-22(25)30)13-9-7-6-8-10-13/h6-10,16H,4-5,11H2,1-3H3,(H,23,26)(H,24,30). The van der Waals surface area contributed by atoms with Crippen molar-refractivity contribution in [1.82, 2.24) is 10.2 Å². The highest BCUT2D eigenvalue weighted by atomic mass is 32.1. The van der Waals surface area contributed by atoms with Crippen molar-refractivity contribution in [3.05, 3.63) is 51.9 Å². The lowest BCUT2D eigenvalue weighted by Crippen LogP contribution is -2.38. The zero-order valence-corrected chi connectivity index (χ0v) is 19.1. The van der Waals surface area contributed by atoms with Gasteiger partial charge in [-0.15, -0.1) is 11.3 Å². The Morgan fingerprint density at radius 1 is 1.06 bits per heavy atom. The van der Waals surface area contributed by atoms with Crippen LogP contribution in [0.2, 0.25) is 0 Å². The first-order valence-corrected chi connectivity index (χ1v) is 11.0. The Bertz CT molecular complexity index is 1100. The zero-order valence-electron chi connectivity index (χ0n) is 18.3. The fraction of sp³-hybridized carbons (Fsp3) is 0.318. The number of imide groups is 1. The molecular formula is C22H23N3O7S. The summed E-state index contributed by atoms with van der Waals surface area (Å²) in [6.07, 6.45) is 0. The van der Waals surface area contributed by atoms with E-state index in [1.165, 1.54) is 0 Å². The lowest BCUT2D eigenvalue weighted by Gasteiger charge is -2.13. The first-order valence-electron chi connectivity index (χ1n) is 10.2. The van der Waals surface area contributed by atoms with E-state index >= 15 is 0 Å². The maximum Gasteiger partial charge on any atom is 0.348 e. The molecule has 33 heavy (non-hydrogen) atoms. The zero-order chi connectivity index (χ0) is 24.1. The van der Waals surface area contributed by atoms with E-state index in [1.54, 1.807) is 51.1 Å². The van der Waals surface area contributed by atoms with Gasteiger partial charge in [0.25, 0.3) is 5.91 Å². The summed E-state index contributed by atoms with van der Waals surface area (Å²) in [6.45, 7) is 4.50. The molecule has 174 valence electrons. The SMILES string of the molecule is CCOC(=O)c1sc(NC(=O)CN2C(=O)NC(c3ccccc3)C2=O)c(C(=O)OCC)c1C. The molecule has 2 N–H and O–H groups in total. The van der Waals surface area contributed by atoms with Gasteiger partial charge in [-0.3, -0.25) is 14.5 Å². The van der Waals surface area contributed by atoms with E-state index in [-0.39, 0.29) is 28.7 Å². The number of hydrogen-bond acceptors (Lipinski definition) is 8. The molecule has 0 bridgehead atoms. The monoisotopic (exact) mass is 473 g/mol. The molecule has 0 aliphatic carbocycles. The molecule has 1 fully saturated rings. The highest BCUT2D eigenvalue weighted by Crippen LogP contribution is 2.34. The van der Waals surface area contributed by atoms with Gasteiger partial charge >= 0.3 is 18.0 Å². The minimum atomic E-state index is -0.888. The number of urea groups is 1. The van der Waals surface area contributed by atoms with Crippen LogP contribution in [0.3, 0.4) is 0 Å². The Balaban J connectivity index is 1.80. The van der Waals surface area contributed by atoms with Crippen molar-refractivity contribution in [2.24, 2.45) is 0 Å². The normalized spacial score (nSPS) is 15.2. The summed E-state index contributed by atoms with van der Waals surface area (Å²) in [5.41, 5.74) is 0.931. The Labute approximate surface area is 193 Å². The van der Waals surface area contributed by atoms with Crippen molar-refractivity contribution in [1.29, 1.82) is 0 Å². The summed E-state index contributed by atoms with van der Waals surface area (Å²) in [5, 5.41) is 5.15. The van der Waals surface area contributed by atoms with E-state index in [1.807, 2.05) is 0 Å². The van der Waals surface area contributed by atoms with Gasteiger partial charge < -0.3 is 20.1 Å². The minimum Gasteiger partial charge on any atom is -0.462 e. The maximum atomic E-state index is 12.7. The summed E-state index contributed by atoms with van der Waals surface area (Å²) >= 11 is 0.862. The van der Waals surface area contributed by atoms with Gasteiger partial charge in [-0.1, -0.05) is 30.3 Å². The number of thiophene rings is 1. The molecule has 0 saturated carbocycles. The molecule has 1 aliphatic rings. The molecule has 10 nitrogen and oxygen atoms in total. The van der Waals surface area contributed by atoms with E-state index in [2.05, 4.69) is 10.6 Å². The molecule has 2 heterocycles. The number of carbonyl (C=O) groups excluding carboxylic acids is 5. The van der Waals surface area contributed by atoms with E-state index in [0.717, 1.165) is 16.2 Å². The van der Waals surface area contributed by atoms with Crippen LogP contribution in [0.1, 0.15) is 51.0 Å². The number of anilines is 1. The second-order valence-corrected chi connectivity index (χ2v) is 7.99. The fourth-order valence-electron chi connectivity index (χ4n) is 3.29. The topological polar surface area (TPSA) is 131 Å². The Morgan fingerprint density at radius 3 is 2.33 bits per heavy atom. The van der Waals surface area contributed by atoms with Crippen LogP contribution >= 0.6 is 11.3 Å². The molecule has 2 aromatic rings. The third kappa shape index (κ3) is 5.03. The highest BCUT2D eigenvalue weighted by molar-refractivity contribution is 7.18. The van der Waals surface area contributed by atoms with Crippen LogP contribution in [0.25, 0.3) is 0 Å². The number of hydrogen-bond donors (Lipinski definition) is 2. The van der Waals surface area contributed by atoms with Crippen LogP contribution in [-0.2, 0) is 19.1 Å². The van der Waals surface area contributed by atoms with Gasteiger partial charge in [-0.2, -0.15) is 0 Å². The molecule has 1 atom stereocenters. The average Bonchev–Trinajstić information content (AvgIpc) is 3.25. The number of amides is 4. The molecule has 0 spiro atoms. The molecule has 4 amide bonds. The average molecular weight is 474 g/mol. The number of carbonyl (C=O) groups is 5. The second-order valence-electron chi connectivity index (χ2n) is 6.97. The van der Waals surface area contributed by atoms with Crippen molar-refractivity contribution in [2.45, 2.75) is 26.8 Å². The van der Waals surface area contributed by atoms with Crippen molar-refractivity contribution < 1.29 is 33.4 Å². The van der Waals surface area contributed by atoms with Crippen LogP contribution in [0, 0.1) is 6.92 Å². The first kappa shape index (κ1) is 23.9. The maximum absolute atomic E-state index is 12.7. The predicted octanol–water partition coefficient (Wildman–Crippen LogP) is 2.64. The van der Waals surface area contributed by atoms with Crippen LogP contribution in [-0.4, -0.2) is 54.4 Å². The third-order valence-electron chi connectivity index (χ3n) is 4.80. The molecule has 11 heteroatoms. The van der Waals surface area contributed by atoms with E-state index in [0.29, 0.717) is 11.1 Å². The fourth-order valence-corrected chi connectivity index (χ4v) is 4.40. The smallest absolute Gasteiger partial charge is 0.348 e. The predicted molar refractivity (Wildman–Crippen MR) is 119 cm³/mol. The first-order chi connectivity index (χ1) is 15.8. The van der Waals surface area contributed by atoms with Crippen molar-refractivity contribution in [2.75, 3.05) is 25.1 Å². The van der Waals surface area contributed by atoms with Gasteiger partial charge in [0.05, 0.1) is 18.8 Å². The highest BCUT2D eigenvalue weighted by Gasteiger charge is 2.40. The second kappa shape index (κ2) is 10.3. The van der Waals surface area contributed by atoms with Gasteiger partial charge in [0, 0.05) is 0 Å². The van der Waals surface area contributed by atoms with Gasteiger partial charge in [0.1, 0.15) is 22.5 Å². The van der Waals surface area contributed by atoms with Gasteiger partial charge in [0.2, 0.25) is 5.91 Å². The minimum absolute atomic E-state index is 0.0256. The van der Waals surface area contributed by atoms with E-state index < -0.39 is 42.4 Å². The molecule has 1 unspecified atom stereocenters. The van der Waals surface area contributed by atoms with E-state index in [9.17, 15) is 24.0 Å². The Morgan fingerprint density at radius 2 is 1.70 bits per heavy atom. The molecule has 0 radical (unpaired) electrons. The lowest BCUT2D eigenvalue weighted by atomic mass is 10.1.